The maximum absolute atomic E-state index is 11.7. The standard InChI is InChI=1S/C15H17Cl2N5O2/c1-6(2)11-12(7(3)19-15(22-11)24-4)21-14-10(13(18)23)8(16)5-9(17)20-14/h5-6H,1-4H3,(H2,18,23)(H,20,21). The largest absolute Gasteiger partial charge is 0.467 e. The van der Waals surface area contributed by atoms with E-state index in [1.807, 2.05) is 13.8 Å². The summed E-state index contributed by atoms with van der Waals surface area (Å²) >= 11 is 12.0. The number of carbonyl (C=O) groups excluding carboxylic acids is 1. The average Bonchev–Trinajstić information content (AvgIpc) is 2.47. The molecule has 0 aliphatic heterocycles. The first kappa shape index (κ1) is 18.2. The fourth-order valence-corrected chi connectivity index (χ4v) is 2.70. The molecule has 9 heteroatoms. The molecule has 0 aliphatic carbocycles. The van der Waals surface area contributed by atoms with Gasteiger partial charge in [0.1, 0.15) is 16.5 Å². The van der Waals surface area contributed by atoms with Gasteiger partial charge in [-0.15, -0.1) is 0 Å². The number of aryl methyl sites for hydroxylation is 1. The summed E-state index contributed by atoms with van der Waals surface area (Å²) < 4.78 is 5.11. The van der Waals surface area contributed by atoms with Gasteiger partial charge in [-0.05, 0) is 18.9 Å². The molecule has 3 N–H and O–H groups in total. The molecule has 0 saturated heterocycles. The van der Waals surface area contributed by atoms with E-state index in [1.54, 1.807) is 6.92 Å². The topological polar surface area (TPSA) is 103 Å². The Kier molecular flexibility index (Phi) is 5.46. The van der Waals surface area contributed by atoms with Gasteiger partial charge in [-0.25, -0.2) is 4.98 Å². The maximum atomic E-state index is 11.7. The molecule has 0 spiro atoms. The van der Waals surface area contributed by atoms with Gasteiger partial charge in [0.05, 0.1) is 29.2 Å². The van der Waals surface area contributed by atoms with Gasteiger partial charge in [0.15, 0.2) is 0 Å². The molecule has 24 heavy (non-hydrogen) atoms. The fourth-order valence-electron chi connectivity index (χ4n) is 2.16. The van der Waals surface area contributed by atoms with Gasteiger partial charge < -0.3 is 15.8 Å². The summed E-state index contributed by atoms with van der Waals surface area (Å²) in [6.45, 7) is 5.73. The summed E-state index contributed by atoms with van der Waals surface area (Å²) in [6, 6.07) is 1.61. The van der Waals surface area contributed by atoms with Crippen LogP contribution >= 0.6 is 23.2 Å². The number of nitrogens with zero attached hydrogens (tertiary/aromatic N) is 3. The number of hydrogen-bond acceptors (Lipinski definition) is 6. The molecular weight excluding hydrogens is 353 g/mol. The van der Waals surface area contributed by atoms with E-state index in [1.165, 1.54) is 13.2 Å². The number of aromatic nitrogens is 3. The Morgan fingerprint density at radius 3 is 2.50 bits per heavy atom. The molecule has 2 rings (SSSR count). The molecule has 1 amide bonds. The van der Waals surface area contributed by atoms with E-state index in [9.17, 15) is 4.79 Å². The molecule has 2 aromatic heterocycles. The van der Waals surface area contributed by atoms with Gasteiger partial charge in [-0.2, -0.15) is 9.97 Å². The van der Waals surface area contributed by atoms with Crippen LogP contribution in [-0.2, 0) is 0 Å². The molecule has 128 valence electrons. The SMILES string of the molecule is COc1nc(C)c(Nc2nc(Cl)cc(Cl)c2C(N)=O)c(C(C)C)n1. The number of ether oxygens (including phenoxy) is 1. The van der Waals surface area contributed by atoms with Gasteiger partial charge in [0.25, 0.3) is 5.91 Å². The minimum atomic E-state index is -0.718. The van der Waals surface area contributed by atoms with Crippen LogP contribution < -0.4 is 15.8 Å². The zero-order valence-electron chi connectivity index (χ0n) is 13.6. The van der Waals surface area contributed by atoms with E-state index in [4.69, 9.17) is 33.7 Å². The van der Waals surface area contributed by atoms with Crippen LogP contribution in [0.3, 0.4) is 0 Å². The first-order valence-electron chi connectivity index (χ1n) is 7.10. The smallest absolute Gasteiger partial charge is 0.316 e. The third-order valence-corrected chi connectivity index (χ3v) is 3.75. The van der Waals surface area contributed by atoms with Crippen LogP contribution in [-0.4, -0.2) is 28.0 Å². The molecule has 2 heterocycles. The van der Waals surface area contributed by atoms with E-state index in [2.05, 4.69) is 20.3 Å². The molecule has 0 saturated carbocycles. The lowest BCUT2D eigenvalue weighted by atomic mass is 10.1. The van der Waals surface area contributed by atoms with Crippen LogP contribution in [0.2, 0.25) is 10.2 Å². The van der Waals surface area contributed by atoms with E-state index >= 15 is 0 Å². The lowest BCUT2D eigenvalue weighted by Gasteiger charge is -2.18. The Labute approximate surface area is 149 Å². The lowest BCUT2D eigenvalue weighted by Crippen LogP contribution is -2.16. The molecule has 0 fully saturated rings. The third-order valence-electron chi connectivity index (χ3n) is 3.26. The number of halogens is 2. The zero-order valence-corrected chi connectivity index (χ0v) is 15.2. The number of pyridine rings is 1. The van der Waals surface area contributed by atoms with Gasteiger partial charge in [-0.1, -0.05) is 37.0 Å². The van der Waals surface area contributed by atoms with Crippen LogP contribution in [0.1, 0.15) is 41.5 Å². The number of nitrogens with one attached hydrogen (secondary N) is 1. The second-order valence-electron chi connectivity index (χ2n) is 5.35. The van der Waals surface area contributed by atoms with Crippen molar-refractivity contribution in [1.82, 2.24) is 15.0 Å². The fraction of sp³-hybridized carbons (Fsp3) is 0.333. The highest BCUT2D eigenvalue weighted by Crippen LogP contribution is 2.33. The van der Waals surface area contributed by atoms with E-state index in [-0.39, 0.29) is 33.5 Å². The maximum Gasteiger partial charge on any atom is 0.316 e. The normalized spacial score (nSPS) is 10.8. The van der Waals surface area contributed by atoms with Gasteiger partial charge in [0.2, 0.25) is 0 Å². The average molecular weight is 370 g/mol. The Morgan fingerprint density at radius 2 is 1.96 bits per heavy atom. The summed E-state index contributed by atoms with van der Waals surface area (Å²) in [6.07, 6.45) is 0. The minimum Gasteiger partial charge on any atom is -0.467 e. The van der Waals surface area contributed by atoms with E-state index in [0.717, 1.165) is 0 Å². The summed E-state index contributed by atoms with van der Waals surface area (Å²) in [5.41, 5.74) is 7.37. The number of primary amides is 1. The van der Waals surface area contributed by atoms with Crippen LogP contribution in [0, 0.1) is 6.92 Å². The molecule has 0 aliphatic rings. The molecule has 7 nitrogen and oxygen atoms in total. The number of nitrogens with two attached hydrogens (primary N) is 1. The zero-order chi connectivity index (χ0) is 18.0. The van der Waals surface area contributed by atoms with Crippen molar-refractivity contribution < 1.29 is 9.53 Å². The van der Waals surface area contributed by atoms with Crippen molar-refractivity contribution in [2.24, 2.45) is 5.73 Å². The summed E-state index contributed by atoms with van der Waals surface area (Å²) in [4.78, 5) is 24.4. The number of methoxy groups -OCH3 is 1. The van der Waals surface area contributed by atoms with E-state index in [0.29, 0.717) is 17.1 Å². The predicted molar refractivity (Wildman–Crippen MR) is 93.5 cm³/mol. The van der Waals surface area contributed by atoms with Crippen molar-refractivity contribution in [2.75, 3.05) is 12.4 Å². The van der Waals surface area contributed by atoms with Crippen molar-refractivity contribution in [2.45, 2.75) is 26.7 Å². The molecule has 0 unspecified atom stereocenters. The molecular formula is C15H17Cl2N5O2. The van der Waals surface area contributed by atoms with Crippen molar-refractivity contribution in [3.05, 3.63) is 33.2 Å². The Morgan fingerprint density at radius 1 is 1.29 bits per heavy atom. The van der Waals surface area contributed by atoms with Crippen LogP contribution in [0.25, 0.3) is 0 Å². The second-order valence-corrected chi connectivity index (χ2v) is 6.14. The number of rotatable bonds is 5. The quantitative estimate of drug-likeness (QED) is 0.782. The first-order chi connectivity index (χ1) is 11.2. The Bertz CT molecular complexity index is 796. The van der Waals surface area contributed by atoms with Crippen LogP contribution in [0.4, 0.5) is 11.5 Å². The van der Waals surface area contributed by atoms with Crippen molar-refractivity contribution in [3.63, 3.8) is 0 Å². The van der Waals surface area contributed by atoms with Crippen molar-refractivity contribution in [1.29, 1.82) is 0 Å². The minimum absolute atomic E-state index is 0.0472. The van der Waals surface area contributed by atoms with Crippen molar-refractivity contribution in [3.8, 4) is 6.01 Å². The van der Waals surface area contributed by atoms with Gasteiger partial charge in [-0.3, -0.25) is 4.79 Å². The molecule has 0 bridgehead atoms. The van der Waals surface area contributed by atoms with Crippen LogP contribution in [0.5, 0.6) is 6.01 Å². The van der Waals surface area contributed by atoms with Crippen LogP contribution in [0.15, 0.2) is 6.07 Å². The highest BCUT2D eigenvalue weighted by molar-refractivity contribution is 6.37. The summed E-state index contributed by atoms with van der Waals surface area (Å²) in [5, 5.41) is 3.29. The monoisotopic (exact) mass is 369 g/mol. The predicted octanol–water partition coefficient (Wildman–Crippen LogP) is 3.46. The van der Waals surface area contributed by atoms with Gasteiger partial charge >= 0.3 is 6.01 Å². The summed E-state index contributed by atoms with van der Waals surface area (Å²) in [7, 11) is 1.50. The number of anilines is 2. The lowest BCUT2D eigenvalue weighted by molar-refractivity contribution is 0.100. The summed E-state index contributed by atoms with van der Waals surface area (Å²) in [5.74, 6) is -0.501. The Balaban J connectivity index is 2.62. The molecule has 0 aromatic carbocycles. The molecule has 2 aromatic rings. The number of carbonyl (C=O) groups is 1. The number of amides is 1. The molecule has 0 radical (unpaired) electrons. The Hall–Kier alpha value is -2.12. The highest BCUT2D eigenvalue weighted by Gasteiger charge is 2.21. The third kappa shape index (κ3) is 3.68. The van der Waals surface area contributed by atoms with E-state index < -0.39 is 5.91 Å². The van der Waals surface area contributed by atoms with Crippen molar-refractivity contribution >= 4 is 40.6 Å². The molecule has 0 atom stereocenters. The first-order valence-corrected chi connectivity index (χ1v) is 7.85. The van der Waals surface area contributed by atoms with Gasteiger partial charge in [0, 0.05) is 0 Å². The second kappa shape index (κ2) is 7.19. The number of hydrogen-bond donors (Lipinski definition) is 2. The highest BCUT2D eigenvalue weighted by atomic mass is 35.5.